The van der Waals surface area contributed by atoms with Crippen LogP contribution in [0.15, 0.2) is 30.3 Å². The highest BCUT2D eigenvalue weighted by Crippen LogP contribution is 2.15. The minimum Gasteiger partial charge on any atom is -0.435 e. The molecule has 16 heavy (non-hydrogen) atoms. The Kier molecular flexibility index (Phi) is 4.31. The molecule has 1 rings (SSSR count). The van der Waals surface area contributed by atoms with Crippen molar-refractivity contribution in [3.8, 4) is 0 Å². The van der Waals surface area contributed by atoms with Crippen LogP contribution in [-0.4, -0.2) is 23.7 Å². The molecule has 88 valence electrons. The van der Waals surface area contributed by atoms with E-state index in [1.807, 2.05) is 30.3 Å². The van der Waals surface area contributed by atoms with E-state index in [1.54, 1.807) is 6.92 Å². The molecule has 1 atom stereocenters. The Morgan fingerprint density at radius 1 is 1.38 bits per heavy atom. The highest BCUT2D eigenvalue weighted by atomic mass is 16.8. The lowest BCUT2D eigenvalue weighted by atomic mass is 10.1. The van der Waals surface area contributed by atoms with E-state index in [-0.39, 0.29) is 13.0 Å². The van der Waals surface area contributed by atoms with Gasteiger partial charge < -0.3 is 14.6 Å². The number of carbonyl (C=O) groups is 1. The average molecular weight is 224 g/mol. The first-order valence-corrected chi connectivity index (χ1v) is 5.15. The van der Waals surface area contributed by atoms with E-state index in [4.69, 9.17) is 4.74 Å². The van der Waals surface area contributed by atoms with Crippen molar-refractivity contribution < 1.29 is 19.4 Å². The van der Waals surface area contributed by atoms with Crippen LogP contribution in [0, 0.1) is 0 Å². The third kappa shape index (κ3) is 4.31. The lowest BCUT2D eigenvalue weighted by Gasteiger charge is -2.22. The SMILES string of the molecule is CCOC(=O)OC(C)(O)Cc1ccccc1. The van der Waals surface area contributed by atoms with E-state index >= 15 is 0 Å². The number of benzene rings is 1. The van der Waals surface area contributed by atoms with Gasteiger partial charge >= 0.3 is 6.16 Å². The van der Waals surface area contributed by atoms with Crippen molar-refractivity contribution in [1.29, 1.82) is 0 Å². The van der Waals surface area contributed by atoms with E-state index in [1.165, 1.54) is 6.92 Å². The van der Waals surface area contributed by atoms with Crippen LogP contribution in [-0.2, 0) is 15.9 Å². The second-order valence-corrected chi connectivity index (χ2v) is 3.62. The summed E-state index contributed by atoms with van der Waals surface area (Å²) in [5.74, 6) is -1.55. The van der Waals surface area contributed by atoms with Crippen LogP contribution in [0.25, 0.3) is 0 Å². The maximum Gasteiger partial charge on any atom is 0.510 e. The number of rotatable bonds is 4. The van der Waals surface area contributed by atoms with Crippen LogP contribution in [0.1, 0.15) is 19.4 Å². The summed E-state index contributed by atoms with van der Waals surface area (Å²) in [6.45, 7) is 3.32. The average Bonchev–Trinajstić information content (AvgIpc) is 2.17. The summed E-state index contributed by atoms with van der Waals surface area (Å²) >= 11 is 0. The van der Waals surface area contributed by atoms with Gasteiger partial charge in [-0.2, -0.15) is 0 Å². The van der Waals surface area contributed by atoms with Gasteiger partial charge in [-0.25, -0.2) is 4.79 Å². The van der Waals surface area contributed by atoms with Crippen molar-refractivity contribution >= 4 is 6.16 Å². The maximum absolute atomic E-state index is 11.0. The highest BCUT2D eigenvalue weighted by Gasteiger charge is 2.26. The molecule has 4 heteroatoms. The molecule has 1 unspecified atom stereocenters. The van der Waals surface area contributed by atoms with Crippen molar-refractivity contribution in [2.75, 3.05) is 6.61 Å². The Hall–Kier alpha value is -1.55. The molecule has 0 heterocycles. The largest absolute Gasteiger partial charge is 0.510 e. The standard InChI is InChI=1S/C12H16O4/c1-3-15-11(13)16-12(2,14)9-10-7-5-4-6-8-10/h4-8,14H,3,9H2,1-2H3. The van der Waals surface area contributed by atoms with Gasteiger partial charge in [0.05, 0.1) is 6.61 Å². The van der Waals surface area contributed by atoms with Crippen molar-refractivity contribution in [1.82, 2.24) is 0 Å². The Morgan fingerprint density at radius 3 is 2.56 bits per heavy atom. The minimum atomic E-state index is -1.55. The second kappa shape index (κ2) is 5.51. The normalized spacial score (nSPS) is 13.9. The van der Waals surface area contributed by atoms with Gasteiger partial charge in [-0.05, 0) is 12.5 Å². The zero-order chi connectivity index (χ0) is 12.0. The second-order valence-electron chi connectivity index (χ2n) is 3.62. The van der Waals surface area contributed by atoms with E-state index in [0.717, 1.165) is 5.56 Å². The molecule has 4 nitrogen and oxygen atoms in total. The predicted molar refractivity (Wildman–Crippen MR) is 58.9 cm³/mol. The molecule has 1 aromatic rings. The summed E-state index contributed by atoms with van der Waals surface area (Å²) in [6.07, 6.45) is -0.629. The molecule has 0 bridgehead atoms. The maximum atomic E-state index is 11.0. The van der Waals surface area contributed by atoms with E-state index in [2.05, 4.69) is 4.74 Å². The first-order chi connectivity index (χ1) is 7.53. The van der Waals surface area contributed by atoms with E-state index in [9.17, 15) is 9.90 Å². The lowest BCUT2D eigenvalue weighted by molar-refractivity contribution is -0.162. The van der Waals surface area contributed by atoms with Crippen molar-refractivity contribution in [3.05, 3.63) is 35.9 Å². The van der Waals surface area contributed by atoms with Crippen molar-refractivity contribution in [2.24, 2.45) is 0 Å². The zero-order valence-electron chi connectivity index (χ0n) is 9.47. The first-order valence-electron chi connectivity index (χ1n) is 5.15. The molecule has 0 amide bonds. The summed E-state index contributed by atoms with van der Waals surface area (Å²) in [6, 6.07) is 9.29. The summed E-state index contributed by atoms with van der Waals surface area (Å²) in [5.41, 5.74) is 0.886. The topological polar surface area (TPSA) is 55.8 Å². The molecule has 0 aliphatic rings. The van der Waals surface area contributed by atoms with Crippen LogP contribution in [0.5, 0.6) is 0 Å². The molecule has 0 radical (unpaired) electrons. The van der Waals surface area contributed by atoms with Gasteiger partial charge in [0.2, 0.25) is 5.79 Å². The molecule has 0 saturated heterocycles. The molecule has 0 saturated carbocycles. The Morgan fingerprint density at radius 2 is 2.00 bits per heavy atom. The van der Waals surface area contributed by atoms with Crippen molar-refractivity contribution in [3.63, 3.8) is 0 Å². The molecule has 0 fully saturated rings. The molecule has 1 N–H and O–H groups in total. The smallest absolute Gasteiger partial charge is 0.435 e. The molecular weight excluding hydrogens is 208 g/mol. The van der Waals surface area contributed by atoms with Gasteiger partial charge in [0.15, 0.2) is 0 Å². The third-order valence-corrected chi connectivity index (χ3v) is 1.94. The number of hydrogen-bond acceptors (Lipinski definition) is 4. The Balaban J connectivity index is 2.54. The number of ether oxygens (including phenoxy) is 2. The highest BCUT2D eigenvalue weighted by molar-refractivity contribution is 5.60. The lowest BCUT2D eigenvalue weighted by Crippen LogP contribution is -2.34. The van der Waals surface area contributed by atoms with Gasteiger partial charge in [-0.15, -0.1) is 0 Å². The van der Waals surface area contributed by atoms with E-state index < -0.39 is 11.9 Å². The molecule has 0 aliphatic carbocycles. The molecule has 0 spiro atoms. The predicted octanol–water partition coefficient (Wildman–Crippen LogP) is 2.11. The summed E-state index contributed by atoms with van der Waals surface area (Å²) < 4.78 is 9.37. The van der Waals surface area contributed by atoms with Crippen LogP contribution in [0.4, 0.5) is 4.79 Å². The van der Waals surface area contributed by atoms with Crippen molar-refractivity contribution in [2.45, 2.75) is 26.1 Å². The fourth-order valence-electron chi connectivity index (χ4n) is 1.34. The zero-order valence-corrected chi connectivity index (χ0v) is 9.47. The van der Waals surface area contributed by atoms with Crippen LogP contribution in [0.2, 0.25) is 0 Å². The van der Waals surface area contributed by atoms with Crippen LogP contribution in [0.3, 0.4) is 0 Å². The summed E-state index contributed by atoms with van der Waals surface area (Å²) in [5, 5.41) is 9.84. The van der Waals surface area contributed by atoms with Gasteiger partial charge in [-0.1, -0.05) is 30.3 Å². The minimum absolute atomic E-state index is 0.222. The van der Waals surface area contributed by atoms with Crippen LogP contribution < -0.4 is 0 Å². The number of hydrogen-bond donors (Lipinski definition) is 1. The molecule has 1 aromatic carbocycles. The Labute approximate surface area is 94.8 Å². The summed E-state index contributed by atoms with van der Waals surface area (Å²) in [7, 11) is 0. The fourth-order valence-corrected chi connectivity index (χ4v) is 1.34. The van der Waals surface area contributed by atoms with Gasteiger partial charge in [-0.3, -0.25) is 0 Å². The third-order valence-electron chi connectivity index (χ3n) is 1.94. The monoisotopic (exact) mass is 224 g/mol. The molecule has 0 aromatic heterocycles. The van der Waals surface area contributed by atoms with Gasteiger partial charge in [0, 0.05) is 13.3 Å². The summed E-state index contributed by atoms with van der Waals surface area (Å²) in [4.78, 5) is 11.0. The van der Waals surface area contributed by atoms with Crippen LogP contribution >= 0.6 is 0 Å². The molecule has 0 aliphatic heterocycles. The fraction of sp³-hybridized carbons (Fsp3) is 0.417. The number of carbonyl (C=O) groups excluding carboxylic acids is 1. The first kappa shape index (κ1) is 12.5. The Bertz CT molecular complexity index is 332. The number of aliphatic hydroxyl groups is 1. The van der Waals surface area contributed by atoms with Gasteiger partial charge in [0.1, 0.15) is 0 Å². The quantitative estimate of drug-likeness (QED) is 0.628. The van der Waals surface area contributed by atoms with Gasteiger partial charge in [0.25, 0.3) is 0 Å². The van der Waals surface area contributed by atoms with E-state index in [0.29, 0.717) is 0 Å². The molecular formula is C12H16O4.